The van der Waals surface area contributed by atoms with Gasteiger partial charge in [-0.2, -0.15) is 0 Å². The van der Waals surface area contributed by atoms with Crippen LogP contribution in [0.15, 0.2) is 28.7 Å². The summed E-state index contributed by atoms with van der Waals surface area (Å²) in [6, 6.07) is 7.46. The first-order chi connectivity index (χ1) is 6.10. The summed E-state index contributed by atoms with van der Waals surface area (Å²) in [4.78, 5) is 1.97. The van der Waals surface area contributed by atoms with E-state index in [0.717, 1.165) is 10.0 Å². The van der Waals surface area contributed by atoms with Gasteiger partial charge < -0.3 is 0 Å². The van der Waals surface area contributed by atoms with E-state index in [2.05, 4.69) is 15.9 Å². The van der Waals surface area contributed by atoms with E-state index >= 15 is 0 Å². The van der Waals surface area contributed by atoms with Gasteiger partial charge in [0.15, 0.2) is 5.67 Å². The van der Waals surface area contributed by atoms with Crippen LogP contribution in [0.4, 0.5) is 4.39 Å². The van der Waals surface area contributed by atoms with Gasteiger partial charge in [0.25, 0.3) is 0 Å². The number of nitrogens with zero attached hydrogens (tertiary/aromatic N) is 1. The first kappa shape index (κ1) is 9.16. The number of alkyl halides is 1. The molecule has 0 aromatic heterocycles. The molecule has 13 heavy (non-hydrogen) atoms. The Morgan fingerprint density at radius 3 is 2.31 bits per heavy atom. The summed E-state index contributed by atoms with van der Waals surface area (Å²) in [5, 5.41) is 0. The number of hydrogen-bond acceptors (Lipinski definition) is 1. The highest BCUT2D eigenvalue weighted by Gasteiger charge is 2.42. The van der Waals surface area contributed by atoms with Crippen molar-refractivity contribution in [3.05, 3.63) is 34.3 Å². The Morgan fingerprint density at radius 2 is 1.85 bits per heavy atom. The molecule has 0 radical (unpaired) electrons. The topological polar surface area (TPSA) is 3.24 Å². The van der Waals surface area contributed by atoms with Crippen LogP contribution in [0.25, 0.3) is 0 Å². The van der Waals surface area contributed by atoms with Gasteiger partial charge in [-0.1, -0.05) is 28.1 Å². The third kappa shape index (κ3) is 1.63. The summed E-state index contributed by atoms with van der Waals surface area (Å²) >= 11 is 3.33. The third-order valence-electron chi connectivity index (χ3n) is 2.40. The maximum atomic E-state index is 14.0. The minimum atomic E-state index is -1.12. The van der Waals surface area contributed by atoms with Crippen LogP contribution in [0, 0.1) is 0 Å². The molecule has 1 aliphatic rings. The van der Waals surface area contributed by atoms with Crippen molar-refractivity contribution in [2.45, 2.75) is 5.67 Å². The van der Waals surface area contributed by atoms with E-state index in [1.54, 1.807) is 0 Å². The van der Waals surface area contributed by atoms with Gasteiger partial charge in [-0.25, -0.2) is 4.39 Å². The first-order valence-electron chi connectivity index (χ1n) is 4.24. The van der Waals surface area contributed by atoms with Crippen LogP contribution in [0.5, 0.6) is 0 Å². The van der Waals surface area contributed by atoms with Gasteiger partial charge >= 0.3 is 0 Å². The number of rotatable bonds is 1. The van der Waals surface area contributed by atoms with E-state index in [1.165, 1.54) is 0 Å². The highest BCUT2D eigenvalue weighted by Crippen LogP contribution is 2.35. The Balaban J connectivity index is 2.22. The van der Waals surface area contributed by atoms with Crippen LogP contribution >= 0.6 is 15.9 Å². The number of hydrogen-bond donors (Lipinski definition) is 0. The van der Waals surface area contributed by atoms with Crippen LogP contribution in [0.3, 0.4) is 0 Å². The number of benzene rings is 1. The molecule has 2 rings (SSSR count). The Labute approximate surface area is 85.7 Å². The molecule has 0 atom stereocenters. The minimum Gasteiger partial charge on any atom is -0.299 e. The minimum absolute atomic E-state index is 0.509. The fourth-order valence-electron chi connectivity index (χ4n) is 1.74. The van der Waals surface area contributed by atoms with E-state index in [9.17, 15) is 4.39 Å². The van der Waals surface area contributed by atoms with Gasteiger partial charge in [0, 0.05) is 17.6 Å². The molecular weight excluding hydrogens is 233 g/mol. The molecule has 1 nitrogen and oxygen atoms in total. The first-order valence-corrected chi connectivity index (χ1v) is 5.03. The molecule has 0 amide bonds. The van der Waals surface area contributed by atoms with Gasteiger partial charge in [0.1, 0.15) is 0 Å². The monoisotopic (exact) mass is 243 g/mol. The van der Waals surface area contributed by atoms with E-state index in [4.69, 9.17) is 0 Å². The molecule has 0 aliphatic carbocycles. The van der Waals surface area contributed by atoms with Crippen molar-refractivity contribution in [3.8, 4) is 0 Å². The Morgan fingerprint density at radius 1 is 1.31 bits per heavy atom. The van der Waals surface area contributed by atoms with Crippen LogP contribution in [0.2, 0.25) is 0 Å². The quantitative estimate of drug-likeness (QED) is 0.733. The Bertz CT molecular complexity index is 303. The molecule has 3 heteroatoms. The lowest BCUT2D eigenvalue weighted by Crippen LogP contribution is -2.54. The zero-order valence-electron chi connectivity index (χ0n) is 7.43. The van der Waals surface area contributed by atoms with E-state index < -0.39 is 5.67 Å². The number of likely N-dealkylation sites (N-methyl/N-ethyl adjacent to an activating group) is 1. The number of likely N-dealkylation sites (tertiary alicyclic amines) is 1. The Kier molecular flexibility index (Phi) is 2.16. The van der Waals surface area contributed by atoms with Crippen molar-refractivity contribution in [2.75, 3.05) is 20.1 Å². The highest BCUT2D eigenvalue weighted by atomic mass is 79.9. The molecule has 0 spiro atoms. The standard InChI is InChI=1S/C10H11BrFN/c1-13-6-10(12,7-13)8-2-4-9(11)5-3-8/h2-5H,6-7H2,1H3. The zero-order valence-corrected chi connectivity index (χ0v) is 9.01. The largest absolute Gasteiger partial charge is 0.299 e. The van der Waals surface area contributed by atoms with Gasteiger partial charge in [0.2, 0.25) is 0 Å². The van der Waals surface area contributed by atoms with Gasteiger partial charge in [-0.15, -0.1) is 0 Å². The SMILES string of the molecule is CN1CC(F)(c2ccc(Br)cc2)C1. The average molecular weight is 244 g/mol. The molecule has 0 unspecified atom stereocenters. The van der Waals surface area contributed by atoms with Crippen LogP contribution in [-0.2, 0) is 5.67 Å². The lowest BCUT2D eigenvalue weighted by molar-refractivity contribution is -0.0194. The van der Waals surface area contributed by atoms with Crippen LogP contribution in [-0.4, -0.2) is 25.0 Å². The van der Waals surface area contributed by atoms with Gasteiger partial charge in [0.05, 0.1) is 0 Å². The second kappa shape index (κ2) is 3.07. The molecule has 1 aromatic carbocycles. The predicted molar refractivity (Wildman–Crippen MR) is 54.4 cm³/mol. The molecule has 1 heterocycles. The van der Waals surface area contributed by atoms with Gasteiger partial charge in [-0.3, -0.25) is 4.90 Å². The van der Waals surface area contributed by atoms with Crippen LogP contribution in [0.1, 0.15) is 5.56 Å². The molecule has 1 fully saturated rings. The summed E-state index contributed by atoms with van der Waals surface area (Å²) in [6.45, 7) is 1.02. The fraction of sp³-hybridized carbons (Fsp3) is 0.400. The summed E-state index contributed by atoms with van der Waals surface area (Å²) in [7, 11) is 1.93. The van der Waals surface area contributed by atoms with Crippen molar-refractivity contribution in [2.24, 2.45) is 0 Å². The van der Waals surface area contributed by atoms with Crippen molar-refractivity contribution < 1.29 is 4.39 Å². The van der Waals surface area contributed by atoms with Crippen molar-refractivity contribution >= 4 is 15.9 Å². The highest BCUT2D eigenvalue weighted by molar-refractivity contribution is 9.10. The fourth-order valence-corrected chi connectivity index (χ4v) is 2.00. The van der Waals surface area contributed by atoms with Crippen molar-refractivity contribution in [1.29, 1.82) is 0 Å². The second-order valence-corrected chi connectivity index (χ2v) is 4.56. The lowest BCUT2D eigenvalue weighted by atomic mass is 9.89. The summed E-state index contributed by atoms with van der Waals surface area (Å²) < 4.78 is 15.0. The molecule has 0 N–H and O–H groups in total. The molecule has 1 aromatic rings. The molecular formula is C10H11BrFN. The van der Waals surface area contributed by atoms with E-state index in [1.807, 2.05) is 36.2 Å². The molecule has 70 valence electrons. The predicted octanol–water partition coefficient (Wildman–Crippen LogP) is 2.56. The molecule has 0 saturated carbocycles. The van der Waals surface area contributed by atoms with Crippen LogP contribution < -0.4 is 0 Å². The summed E-state index contributed by atoms with van der Waals surface area (Å²) in [6.07, 6.45) is 0. The smallest absolute Gasteiger partial charge is 0.161 e. The number of halogens is 2. The molecule has 1 aliphatic heterocycles. The van der Waals surface area contributed by atoms with Crippen molar-refractivity contribution in [3.63, 3.8) is 0 Å². The molecule has 1 saturated heterocycles. The van der Waals surface area contributed by atoms with E-state index in [-0.39, 0.29) is 0 Å². The third-order valence-corrected chi connectivity index (χ3v) is 2.93. The summed E-state index contributed by atoms with van der Waals surface area (Å²) in [5.74, 6) is 0. The average Bonchev–Trinajstić information content (AvgIpc) is 2.03. The summed E-state index contributed by atoms with van der Waals surface area (Å²) in [5.41, 5.74) is -0.330. The normalized spacial score (nSPS) is 21.2. The van der Waals surface area contributed by atoms with E-state index in [0.29, 0.717) is 13.1 Å². The van der Waals surface area contributed by atoms with Crippen molar-refractivity contribution in [1.82, 2.24) is 4.90 Å². The maximum absolute atomic E-state index is 14.0. The molecule has 0 bridgehead atoms. The maximum Gasteiger partial charge on any atom is 0.161 e. The van der Waals surface area contributed by atoms with Gasteiger partial charge in [-0.05, 0) is 24.7 Å². The zero-order chi connectivity index (χ0) is 9.47. The Hall–Kier alpha value is -0.410. The second-order valence-electron chi connectivity index (χ2n) is 3.64. The lowest BCUT2D eigenvalue weighted by Gasteiger charge is -2.42.